The van der Waals surface area contributed by atoms with Crippen molar-refractivity contribution >= 4 is 46.8 Å². The molecule has 2 heterocycles. The van der Waals surface area contributed by atoms with E-state index in [1.54, 1.807) is 37.3 Å². The minimum absolute atomic E-state index is 0.0649. The molecule has 2 aromatic heterocycles. The largest absolute Gasteiger partial charge is 0.466 e. The lowest BCUT2D eigenvalue weighted by Gasteiger charge is -2.33. The van der Waals surface area contributed by atoms with E-state index in [4.69, 9.17) is 18.9 Å². The van der Waals surface area contributed by atoms with Crippen LogP contribution in [0.1, 0.15) is 41.1 Å². The van der Waals surface area contributed by atoms with Gasteiger partial charge in [0.15, 0.2) is 0 Å². The van der Waals surface area contributed by atoms with Crippen LogP contribution in [0.2, 0.25) is 0 Å². The molecule has 278 valence electrons. The second-order valence-electron chi connectivity index (χ2n) is 11.8. The number of aromatic nitrogens is 2. The van der Waals surface area contributed by atoms with Crippen LogP contribution in [0.3, 0.4) is 0 Å². The Morgan fingerprint density at radius 2 is 1.15 bits per heavy atom. The molecule has 0 aliphatic heterocycles. The summed E-state index contributed by atoms with van der Waals surface area (Å²) in [5.74, 6) is -1.96. The van der Waals surface area contributed by atoms with Gasteiger partial charge in [-0.2, -0.15) is 0 Å². The zero-order valence-corrected chi connectivity index (χ0v) is 30.9. The van der Waals surface area contributed by atoms with Crippen LogP contribution >= 0.6 is 22.7 Å². The number of alkyl carbamates (subject to hydrolysis) is 2. The Morgan fingerprint density at radius 3 is 1.58 bits per heavy atom. The lowest BCUT2D eigenvalue weighted by molar-refractivity contribution is -0.155. The van der Waals surface area contributed by atoms with Crippen molar-refractivity contribution in [2.45, 2.75) is 58.4 Å². The first-order valence-electron chi connectivity index (χ1n) is 17.0. The number of benzene rings is 2. The summed E-state index contributed by atoms with van der Waals surface area (Å²) < 4.78 is 21.6. The van der Waals surface area contributed by atoms with Gasteiger partial charge in [0.25, 0.3) is 0 Å². The zero-order chi connectivity index (χ0) is 37.0. The van der Waals surface area contributed by atoms with E-state index < -0.39 is 42.1 Å². The fourth-order valence-electron chi connectivity index (χ4n) is 5.50. The van der Waals surface area contributed by atoms with Gasteiger partial charge >= 0.3 is 24.1 Å². The molecule has 0 fully saturated rings. The van der Waals surface area contributed by atoms with Crippen molar-refractivity contribution in [1.82, 2.24) is 25.5 Å². The van der Waals surface area contributed by atoms with Gasteiger partial charge in [0.05, 0.1) is 46.3 Å². The van der Waals surface area contributed by atoms with Gasteiger partial charge in [-0.3, -0.25) is 24.5 Å². The molecule has 2 N–H and O–H groups in total. The first kappa shape index (κ1) is 39.9. The summed E-state index contributed by atoms with van der Waals surface area (Å²) >= 11 is 2.76. The molecule has 2 amide bonds. The summed E-state index contributed by atoms with van der Waals surface area (Å²) in [6, 6.07) is 18.3. The summed E-state index contributed by atoms with van der Waals surface area (Å²) in [4.78, 5) is 63.9. The predicted molar refractivity (Wildman–Crippen MR) is 197 cm³/mol. The van der Waals surface area contributed by atoms with Gasteiger partial charge in [-0.25, -0.2) is 9.59 Å². The molecular formula is C37H45N5O8S2. The molecule has 52 heavy (non-hydrogen) atoms. The lowest BCUT2D eigenvalue weighted by atomic mass is 10.0. The molecule has 0 aliphatic carbocycles. The number of amides is 2. The summed E-state index contributed by atoms with van der Waals surface area (Å²) in [6.45, 7) is 4.35. The van der Waals surface area contributed by atoms with E-state index in [0.29, 0.717) is 12.8 Å². The second-order valence-corrected chi connectivity index (χ2v) is 13.8. The average Bonchev–Trinajstić information content (AvgIpc) is 3.86. The topological polar surface area (TPSA) is 158 Å². The Kier molecular flexibility index (Phi) is 17.0. The van der Waals surface area contributed by atoms with Gasteiger partial charge in [-0.1, -0.05) is 60.7 Å². The van der Waals surface area contributed by atoms with Crippen LogP contribution in [0.5, 0.6) is 0 Å². The number of esters is 2. The van der Waals surface area contributed by atoms with Crippen LogP contribution in [-0.4, -0.2) is 83.9 Å². The molecule has 4 aromatic rings. The van der Waals surface area contributed by atoms with Crippen molar-refractivity contribution in [3.63, 3.8) is 0 Å². The fraction of sp³-hybridized carbons (Fsp3) is 0.405. The third-order valence-corrected chi connectivity index (χ3v) is 9.23. The lowest BCUT2D eigenvalue weighted by Crippen LogP contribution is -2.52. The number of nitrogens with zero attached hydrogens (tertiary/aromatic N) is 3. The highest BCUT2D eigenvalue weighted by Crippen LogP contribution is 2.16. The number of rotatable bonds is 21. The van der Waals surface area contributed by atoms with Crippen LogP contribution in [0.25, 0.3) is 0 Å². The quantitative estimate of drug-likeness (QED) is 0.0829. The van der Waals surface area contributed by atoms with E-state index in [9.17, 15) is 19.2 Å². The Balaban J connectivity index is 1.61. The van der Waals surface area contributed by atoms with Crippen LogP contribution in [0.15, 0.2) is 84.1 Å². The molecule has 0 spiro atoms. The standard InChI is InChI=1S/C37H45N5O8S2/c1-3-47-34(43)17-29(35(44)48-4-2)20-42(21-30(15-27-11-7-5-8-12-27)40-36(45)49-23-32-18-38-25-51-32)22-31(16-28-13-9-6-10-14-28)41-37(46)50-24-33-19-39-26-52-33/h5-14,18-19,25-26,29-31H,3-4,15-17,20-24H2,1-2H3,(H,40,45)(H,41,46)/t29?,30-,31-/m1/s1. The first-order valence-corrected chi connectivity index (χ1v) is 18.8. The van der Waals surface area contributed by atoms with Gasteiger partial charge in [-0.05, 0) is 37.8 Å². The zero-order valence-electron chi connectivity index (χ0n) is 29.3. The number of ether oxygens (including phenoxy) is 4. The SMILES string of the molecule is CCOC(=O)CC(CN(C[C@@H](Cc1ccccc1)NC(=O)OCc1cncs1)C[C@@H](Cc1ccccc1)NC(=O)OCc1cncs1)C(=O)OCC. The van der Waals surface area contributed by atoms with Crippen molar-refractivity contribution in [1.29, 1.82) is 0 Å². The minimum atomic E-state index is -0.884. The van der Waals surface area contributed by atoms with E-state index in [-0.39, 0.29) is 52.5 Å². The summed E-state index contributed by atoms with van der Waals surface area (Å²) in [7, 11) is 0. The smallest absolute Gasteiger partial charge is 0.407 e. The van der Waals surface area contributed by atoms with Crippen LogP contribution in [0.4, 0.5) is 9.59 Å². The minimum Gasteiger partial charge on any atom is -0.466 e. The fourth-order valence-corrected chi connectivity index (χ4v) is 6.51. The predicted octanol–water partition coefficient (Wildman–Crippen LogP) is 5.41. The van der Waals surface area contributed by atoms with Crippen molar-refractivity contribution in [2.24, 2.45) is 5.92 Å². The van der Waals surface area contributed by atoms with E-state index >= 15 is 0 Å². The van der Waals surface area contributed by atoms with E-state index in [1.807, 2.05) is 65.6 Å². The maximum absolute atomic E-state index is 13.3. The second kappa shape index (κ2) is 22.2. The summed E-state index contributed by atoms with van der Waals surface area (Å²) in [5, 5.41) is 6.01. The molecule has 4 rings (SSSR count). The van der Waals surface area contributed by atoms with Gasteiger partial charge in [0.1, 0.15) is 13.2 Å². The average molecular weight is 752 g/mol. The van der Waals surface area contributed by atoms with Gasteiger partial charge in [0, 0.05) is 44.1 Å². The molecule has 0 bridgehead atoms. The van der Waals surface area contributed by atoms with Crippen LogP contribution in [-0.2, 0) is 54.6 Å². The molecule has 13 nitrogen and oxygen atoms in total. The molecular weight excluding hydrogens is 707 g/mol. The van der Waals surface area contributed by atoms with E-state index in [0.717, 1.165) is 20.9 Å². The van der Waals surface area contributed by atoms with Crippen LogP contribution in [0, 0.1) is 5.92 Å². The van der Waals surface area contributed by atoms with Crippen molar-refractivity contribution < 1.29 is 38.1 Å². The van der Waals surface area contributed by atoms with Crippen molar-refractivity contribution in [3.8, 4) is 0 Å². The summed E-state index contributed by atoms with van der Waals surface area (Å²) in [5.41, 5.74) is 5.26. The molecule has 3 atom stereocenters. The van der Waals surface area contributed by atoms with Crippen molar-refractivity contribution in [3.05, 3.63) is 105 Å². The number of hydrogen-bond acceptors (Lipinski definition) is 13. The highest BCUT2D eigenvalue weighted by atomic mass is 32.1. The molecule has 2 aromatic carbocycles. The molecule has 1 unspecified atom stereocenters. The number of carbonyl (C=O) groups is 4. The van der Waals surface area contributed by atoms with Crippen molar-refractivity contribution in [2.75, 3.05) is 32.8 Å². The monoisotopic (exact) mass is 751 g/mol. The maximum atomic E-state index is 13.3. The number of hydrogen-bond donors (Lipinski definition) is 2. The Bertz CT molecular complexity index is 1530. The van der Waals surface area contributed by atoms with Crippen LogP contribution < -0.4 is 10.6 Å². The van der Waals surface area contributed by atoms with E-state index in [2.05, 4.69) is 20.6 Å². The normalized spacial score (nSPS) is 12.7. The highest BCUT2D eigenvalue weighted by Gasteiger charge is 2.30. The number of carbonyl (C=O) groups excluding carboxylic acids is 4. The van der Waals surface area contributed by atoms with Gasteiger partial charge in [-0.15, -0.1) is 22.7 Å². The molecule has 0 radical (unpaired) electrons. The van der Waals surface area contributed by atoms with Gasteiger partial charge < -0.3 is 29.6 Å². The first-order chi connectivity index (χ1) is 25.3. The number of thiazole rings is 2. The third kappa shape index (κ3) is 14.8. The third-order valence-electron chi connectivity index (χ3n) is 7.73. The van der Waals surface area contributed by atoms with Gasteiger partial charge in [0.2, 0.25) is 0 Å². The van der Waals surface area contributed by atoms with E-state index in [1.165, 1.54) is 22.7 Å². The highest BCUT2D eigenvalue weighted by molar-refractivity contribution is 7.09. The number of nitrogens with one attached hydrogen (secondary N) is 2. The Hall–Kier alpha value is -4.86. The molecule has 0 saturated carbocycles. The molecule has 0 aliphatic rings. The maximum Gasteiger partial charge on any atom is 0.407 e. The summed E-state index contributed by atoms with van der Waals surface area (Å²) in [6.07, 6.45) is 2.71. The molecule has 0 saturated heterocycles. The Labute approximate surface area is 311 Å². The molecule has 15 heteroatoms. The Morgan fingerprint density at radius 1 is 0.673 bits per heavy atom.